The highest BCUT2D eigenvalue weighted by Gasteiger charge is 2.28. The van der Waals surface area contributed by atoms with E-state index >= 15 is 0 Å². The molecule has 1 aromatic carbocycles. The van der Waals surface area contributed by atoms with Crippen LogP contribution in [-0.4, -0.2) is 28.0 Å². The van der Waals surface area contributed by atoms with Gasteiger partial charge in [-0.05, 0) is 32.4 Å². The lowest BCUT2D eigenvalue weighted by Crippen LogP contribution is -2.31. The van der Waals surface area contributed by atoms with Crippen LogP contribution in [0.4, 0.5) is 0 Å². The standard InChI is InChI=1S/C17H24N4/c1-13-3-5-14(6-4-13)11-20(2)16(9-18)17-10-19-12-21(17)15-7-8-15/h3-6,10,12,15-16H,7-9,11,18H2,1-2H3. The smallest absolute Gasteiger partial charge is 0.0951 e. The number of aryl methyl sites for hydroxylation is 1. The Morgan fingerprint density at radius 2 is 2.05 bits per heavy atom. The van der Waals surface area contributed by atoms with Crippen LogP contribution in [-0.2, 0) is 6.54 Å². The summed E-state index contributed by atoms with van der Waals surface area (Å²) in [5.41, 5.74) is 9.91. The van der Waals surface area contributed by atoms with Gasteiger partial charge in [0, 0.05) is 25.3 Å². The molecule has 2 N–H and O–H groups in total. The Labute approximate surface area is 126 Å². The van der Waals surface area contributed by atoms with Gasteiger partial charge in [0.25, 0.3) is 0 Å². The van der Waals surface area contributed by atoms with E-state index in [1.165, 1.54) is 29.7 Å². The molecule has 0 spiro atoms. The molecule has 1 saturated carbocycles. The summed E-state index contributed by atoms with van der Waals surface area (Å²) in [6, 6.07) is 9.57. The second-order valence-electron chi connectivity index (χ2n) is 6.11. The molecule has 0 saturated heterocycles. The molecule has 0 radical (unpaired) electrons. The Morgan fingerprint density at radius 3 is 2.67 bits per heavy atom. The Kier molecular flexibility index (Phi) is 4.08. The van der Waals surface area contributed by atoms with E-state index in [1.54, 1.807) is 0 Å². The zero-order valence-electron chi connectivity index (χ0n) is 12.9. The summed E-state index contributed by atoms with van der Waals surface area (Å²) < 4.78 is 2.31. The minimum Gasteiger partial charge on any atom is -0.330 e. The maximum Gasteiger partial charge on any atom is 0.0951 e. The zero-order chi connectivity index (χ0) is 14.8. The van der Waals surface area contributed by atoms with Gasteiger partial charge in [-0.1, -0.05) is 29.8 Å². The maximum atomic E-state index is 6.05. The summed E-state index contributed by atoms with van der Waals surface area (Å²) in [6.07, 6.45) is 6.46. The fraction of sp³-hybridized carbons (Fsp3) is 0.471. The van der Waals surface area contributed by atoms with Crippen LogP contribution in [0.2, 0.25) is 0 Å². The van der Waals surface area contributed by atoms with E-state index in [1.807, 2.05) is 12.5 Å². The van der Waals surface area contributed by atoms with Crippen LogP contribution >= 0.6 is 0 Å². The van der Waals surface area contributed by atoms with Crippen molar-refractivity contribution in [2.24, 2.45) is 5.73 Å². The number of likely N-dealkylation sites (N-methyl/N-ethyl adjacent to an activating group) is 1. The molecule has 0 bridgehead atoms. The topological polar surface area (TPSA) is 47.1 Å². The van der Waals surface area contributed by atoms with Crippen LogP contribution in [0.25, 0.3) is 0 Å². The monoisotopic (exact) mass is 284 g/mol. The normalized spacial score (nSPS) is 16.4. The second-order valence-corrected chi connectivity index (χ2v) is 6.11. The van der Waals surface area contributed by atoms with Gasteiger partial charge in [0.2, 0.25) is 0 Å². The average molecular weight is 284 g/mol. The lowest BCUT2D eigenvalue weighted by Gasteiger charge is -2.28. The average Bonchev–Trinajstić information content (AvgIpc) is 3.22. The lowest BCUT2D eigenvalue weighted by atomic mass is 10.1. The molecule has 1 aliphatic rings. The molecule has 4 nitrogen and oxygen atoms in total. The highest BCUT2D eigenvalue weighted by Crippen LogP contribution is 2.37. The van der Waals surface area contributed by atoms with E-state index in [0.717, 1.165) is 6.54 Å². The first kappa shape index (κ1) is 14.3. The summed E-state index contributed by atoms with van der Waals surface area (Å²) in [5, 5.41) is 0. The predicted molar refractivity (Wildman–Crippen MR) is 84.9 cm³/mol. The molecule has 1 atom stereocenters. The molecule has 1 fully saturated rings. The van der Waals surface area contributed by atoms with Crippen molar-refractivity contribution in [1.82, 2.24) is 14.5 Å². The first-order valence-corrected chi connectivity index (χ1v) is 7.66. The van der Waals surface area contributed by atoms with Gasteiger partial charge in [-0.25, -0.2) is 4.98 Å². The molecule has 3 rings (SSSR count). The molecule has 1 aromatic heterocycles. The van der Waals surface area contributed by atoms with Crippen molar-refractivity contribution in [1.29, 1.82) is 0 Å². The quantitative estimate of drug-likeness (QED) is 0.887. The van der Waals surface area contributed by atoms with Gasteiger partial charge in [-0.2, -0.15) is 0 Å². The third-order valence-electron chi connectivity index (χ3n) is 4.29. The Balaban J connectivity index is 1.75. The molecule has 112 valence electrons. The number of rotatable bonds is 6. The van der Waals surface area contributed by atoms with E-state index in [4.69, 9.17) is 5.73 Å². The molecule has 1 unspecified atom stereocenters. The fourth-order valence-electron chi connectivity index (χ4n) is 2.85. The number of hydrogen-bond donors (Lipinski definition) is 1. The Morgan fingerprint density at radius 1 is 1.33 bits per heavy atom. The molecule has 1 aliphatic carbocycles. The molecule has 21 heavy (non-hydrogen) atoms. The molecule has 1 heterocycles. The first-order valence-electron chi connectivity index (χ1n) is 7.66. The third-order valence-corrected chi connectivity index (χ3v) is 4.29. The number of aromatic nitrogens is 2. The van der Waals surface area contributed by atoms with Crippen molar-refractivity contribution in [2.45, 2.75) is 38.4 Å². The van der Waals surface area contributed by atoms with Crippen molar-refractivity contribution in [3.8, 4) is 0 Å². The zero-order valence-corrected chi connectivity index (χ0v) is 12.9. The van der Waals surface area contributed by atoms with E-state index < -0.39 is 0 Å². The van der Waals surface area contributed by atoms with Gasteiger partial charge in [-0.15, -0.1) is 0 Å². The molecule has 0 aliphatic heterocycles. The van der Waals surface area contributed by atoms with Crippen molar-refractivity contribution < 1.29 is 0 Å². The molecule has 4 heteroatoms. The van der Waals surface area contributed by atoms with Crippen LogP contribution in [0.1, 0.15) is 41.7 Å². The second kappa shape index (κ2) is 6.00. The summed E-state index contributed by atoms with van der Waals surface area (Å²) in [6.45, 7) is 3.63. The Hall–Kier alpha value is -1.65. The van der Waals surface area contributed by atoms with Crippen LogP contribution in [0.3, 0.4) is 0 Å². The van der Waals surface area contributed by atoms with Crippen molar-refractivity contribution in [3.05, 3.63) is 53.6 Å². The van der Waals surface area contributed by atoms with E-state index in [-0.39, 0.29) is 6.04 Å². The highest BCUT2D eigenvalue weighted by atomic mass is 15.2. The van der Waals surface area contributed by atoms with Crippen molar-refractivity contribution >= 4 is 0 Å². The molecular formula is C17H24N4. The van der Waals surface area contributed by atoms with Crippen LogP contribution in [0.5, 0.6) is 0 Å². The predicted octanol–water partition coefficient (Wildman–Crippen LogP) is 2.66. The minimum atomic E-state index is 0.217. The van der Waals surface area contributed by atoms with Gasteiger partial charge in [0.05, 0.1) is 18.1 Å². The minimum absolute atomic E-state index is 0.217. The number of nitrogens with zero attached hydrogens (tertiary/aromatic N) is 3. The Bertz CT molecular complexity index is 583. The van der Waals surface area contributed by atoms with Crippen molar-refractivity contribution in [3.63, 3.8) is 0 Å². The van der Waals surface area contributed by atoms with E-state index in [2.05, 4.69) is 52.7 Å². The van der Waals surface area contributed by atoms with Crippen molar-refractivity contribution in [2.75, 3.05) is 13.6 Å². The van der Waals surface area contributed by atoms with Gasteiger partial charge >= 0.3 is 0 Å². The number of benzene rings is 1. The highest BCUT2D eigenvalue weighted by molar-refractivity contribution is 5.21. The van der Waals surface area contributed by atoms with Gasteiger partial charge in [-0.3, -0.25) is 4.90 Å². The van der Waals surface area contributed by atoms with Crippen LogP contribution < -0.4 is 5.73 Å². The largest absolute Gasteiger partial charge is 0.330 e. The van der Waals surface area contributed by atoms with Gasteiger partial charge < -0.3 is 10.3 Å². The fourth-order valence-corrected chi connectivity index (χ4v) is 2.85. The van der Waals surface area contributed by atoms with Crippen LogP contribution in [0.15, 0.2) is 36.8 Å². The summed E-state index contributed by atoms with van der Waals surface area (Å²) in [5.74, 6) is 0. The molecule has 0 amide bonds. The molecule has 2 aromatic rings. The third kappa shape index (κ3) is 3.17. The summed E-state index contributed by atoms with van der Waals surface area (Å²) in [7, 11) is 2.14. The number of imidazole rings is 1. The lowest BCUT2D eigenvalue weighted by molar-refractivity contribution is 0.232. The first-order chi connectivity index (χ1) is 10.2. The van der Waals surface area contributed by atoms with Gasteiger partial charge in [0.15, 0.2) is 0 Å². The maximum absolute atomic E-state index is 6.05. The van der Waals surface area contributed by atoms with E-state index in [9.17, 15) is 0 Å². The molecular weight excluding hydrogens is 260 g/mol. The summed E-state index contributed by atoms with van der Waals surface area (Å²) >= 11 is 0. The summed E-state index contributed by atoms with van der Waals surface area (Å²) in [4.78, 5) is 6.65. The number of hydrogen-bond acceptors (Lipinski definition) is 3. The van der Waals surface area contributed by atoms with Crippen LogP contribution in [0, 0.1) is 6.92 Å². The SMILES string of the molecule is Cc1ccc(CN(C)C(CN)c2cncn2C2CC2)cc1. The van der Waals surface area contributed by atoms with Gasteiger partial charge in [0.1, 0.15) is 0 Å². The number of nitrogens with two attached hydrogens (primary N) is 1. The van der Waals surface area contributed by atoms with E-state index in [0.29, 0.717) is 12.6 Å².